The average Bonchev–Trinajstić information content (AvgIpc) is 2.16. The predicted octanol–water partition coefficient (Wildman–Crippen LogP) is 1.74. The van der Waals surface area contributed by atoms with Crippen LogP contribution < -0.4 is 4.72 Å². The van der Waals surface area contributed by atoms with Crippen LogP contribution in [0.3, 0.4) is 0 Å². The number of rotatable bonds is 10. The van der Waals surface area contributed by atoms with Crippen LogP contribution in [-0.2, 0) is 14.8 Å². The van der Waals surface area contributed by atoms with Gasteiger partial charge in [0.1, 0.15) is 0 Å². The van der Waals surface area contributed by atoms with Crippen molar-refractivity contribution in [3.8, 4) is 0 Å². The van der Waals surface area contributed by atoms with E-state index < -0.39 is 10.0 Å². The monoisotopic (exact) mass is 271 g/mol. The van der Waals surface area contributed by atoms with E-state index in [1.807, 2.05) is 13.8 Å². The predicted molar refractivity (Wildman–Crippen MR) is 67.4 cm³/mol. The minimum absolute atomic E-state index is 0.157. The van der Waals surface area contributed by atoms with E-state index in [9.17, 15) is 8.42 Å². The molecule has 0 aromatic heterocycles. The van der Waals surface area contributed by atoms with Crippen molar-refractivity contribution >= 4 is 21.6 Å². The lowest BCUT2D eigenvalue weighted by Crippen LogP contribution is -2.28. The number of alkyl halides is 1. The largest absolute Gasteiger partial charge is 0.379 e. The van der Waals surface area contributed by atoms with Crippen LogP contribution in [0.25, 0.3) is 0 Å². The lowest BCUT2D eigenvalue weighted by Gasteiger charge is -2.08. The smallest absolute Gasteiger partial charge is 0.211 e. The molecule has 98 valence electrons. The highest BCUT2D eigenvalue weighted by atomic mass is 35.5. The van der Waals surface area contributed by atoms with Gasteiger partial charge in [-0.05, 0) is 33.1 Å². The average molecular weight is 272 g/mol. The molecule has 0 bridgehead atoms. The standard InChI is InChI=1S/C10H22ClNO3S/c1-10(2)15-8-5-7-12-16(13,14)9-4-3-6-11/h10,12H,3-9H2,1-2H3. The molecule has 16 heavy (non-hydrogen) atoms. The molecule has 0 atom stereocenters. The summed E-state index contributed by atoms with van der Waals surface area (Å²) >= 11 is 5.47. The van der Waals surface area contributed by atoms with Gasteiger partial charge in [0.15, 0.2) is 0 Å². The molecule has 0 aromatic carbocycles. The van der Waals surface area contributed by atoms with Crippen LogP contribution in [0.4, 0.5) is 0 Å². The minimum atomic E-state index is -3.12. The molecule has 1 N–H and O–H groups in total. The topological polar surface area (TPSA) is 55.4 Å². The first-order valence-electron chi connectivity index (χ1n) is 5.63. The molecule has 6 heteroatoms. The quantitative estimate of drug-likeness (QED) is 0.486. The number of unbranched alkanes of at least 4 members (excludes halogenated alkanes) is 1. The van der Waals surface area contributed by atoms with Gasteiger partial charge in [0.2, 0.25) is 10.0 Å². The minimum Gasteiger partial charge on any atom is -0.379 e. The summed E-state index contributed by atoms with van der Waals surface area (Å²) in [6.45, 7) is 4.93. The Bertz CT molecular complexity index is 255. The Morgan fingerprint density at radius 1 is 1.25 bits per heavy atom. The summed E-state index contributed by atoms with van der Waals surface area (Å²) in [6.07, 6.45) is 2.24. The van der Waals surface area contributed by atoms with Gasteiger partial charge in [0.05, 0.1) is 11.9 Å². The molecule has 0 aliphatic heterocycles. The summed E-state index contributed by atoms with van der Waals surface area (Å²) in [5, 5.41) is 0. The van der Waals surface area contributed by atoms with Gasteiger partial charge in [-0.15, -0.1) is 11.6 Å². The summed E-state index contributed by atoms with van der Waals surface area (Å²) in [4.78, 5) is 0. The zero-order chi connectivity index (χ0) is 12.4. The Balaban J connectivity index is 3.51. The zero-order valence-electron chi connectivity index (χ0n) is 10.0. The fourth-order valence-corrected chi connectivity index (χ4v) is 2.45. The number of hydrogen-bond donors (Lipinski definition) is 1. The van der Waals surface area contributed by atoms with E-state index in [4.69, 9.17) is 16.3 Å². The lowest BCUT2D eigenvalue weighted by molar-refractivity contribution is 0.0778. The van der Waals surface area contributed by atoms with Gasteiger partial charge in [-0.25, -0.2) is 13.1 Å². The van der Waals surface area contributed by atoms with Crippen LogP contribution in [0.5, 0.6) is 0 Å². The molecule has 0 aromatic rings. The van der Waals surface area contributed by atoms with Crippen molar-refractivity contribution < 1.29 is 13.2 Å². The summed E-state index contributed by atoms with van der Waals surface area (Å²) in [6, 6.07) is 0. The first-order valence-corrected chi connectivity index (χ1v) is 7.81. The normalized spacial score (nSPS) is 12.2. The maximum atomic E-state index is 11.4. The van der Waals surface area contributed by atoms with Crippen LogP contribution >= 0.6 is 11.6 Å². The zero-order valence-corrected chi connectivity index (χ0v) is 11.6. The van der Waals surface area contributed by atoms with Crippen molar-refractivity contribution in [3.63, 3.8) is 0 Å². The summed E-state index contributed by atoms with van der Waals surface area (Å²) in [5.41, 5.74) is 0. The SMILES string of the molecule is CC(C)OCCCNS(=O)(=O)CCCCCl. The second-order valence-electron chi connectivity index (χ2n) is 3.88. The maximum Gasteiger partial charge on any atom is 0.211 e. The summed E-state index contributed by atoms with van der Waals surface area (Å²) in [7, 11) is -3.12. The van der Waals surface area contributed by atoms with E-state index >= 15 is 0 Å². The number of ether oxygens (including phenoxy) is 1. The molecule has 0 spiro atoms. The van der Waals surface area contributed by atoms with Crippen LogP contribution in [-0.4, -0.2) is 39.3 Å². The third kappa shape index (κ3) is 10.7. The van der Waals surface area contributed by atoms with E-state index in [1.54, 1.807) is 0 Å². The van der Waals surface area contributed by atoms with Gasteiger partial charge in [-0.2, -0.15) is 0 Å². The molecule has 0 unspecified atom stereocenters. The Kier molecular flexibility index (Phi) is 9.31. The van der Waals surface area contributed by atoms with Crippen LogP contribution in [0.15, 0.2) is 0 Å². The van der Waals surface area contributed by atoms with E-state index in [0.29, 0.717) is 31.9 Å². The van der Waals surface area contributed by atoms with Crippen molar-refractivity contribution in [1.82, 2.24) is 4.72 Å². The van der Waals surface area contributed by atoms with Crippen LogP contribution in [0, 0.1) is 0 Å². The Labute approximate surface area is 104 Å². The van der Waals surface area contributed by atoms with Crippen molar-refractivity contribution in [3.05, 3.63) is 0 Å². The van der Waals surface area contributed by atoms with Crippen molar-refractivity contribution in [2.24, 2.45) is 0 Å². The molecular formula is C10H22ClNO3S. The van der Waals surface area contributed by atoms with Gasteiger partial charge in [0.25, 0.3) is 0 Å². The van der Waals surface area contributed by atoms with Crippen molar-refractivity contribution in [1.29, 1.82) is 0 Å². The van der Waals surface area contributed by atoms with Gasteiger partial charge in [0, 0.05) is 19.0 Å². The van der Waals surface area contributed by atoms with Gasteiger partial charge >= 0.3 is 0 Å². The van der Waals surface area contributed by atoms with E-state index in [0.717, 1.165) is 6.42 Å². The molecule has 0 rings (SSSR count). The fourth-order valence-electron chi connectivity index (χ4n) is 1.08. The molecule has 0 saturated heterocycles. The number of hydrogen-bond acceptors (Lipinski definition) is 3. The molecular weight excluding hydrogens is 250 g/mol. The number of nitrogens with one attached hydrogen (secondary N) is 1. The number of sulfonamides is 1. The van der Waals surface area contributed by atoms with Crippen LogP contribution in [0.1, 0.15) is 33.1 Å². The highest BCUT2D eigenvalue weighted by Gasteiger charge is 2.08. The second-order valence-corrected chi connectivity index (χ2v) is 6.19. The molecule has 0 saturated carbocycles. The molecule has 0 aliphatic carbocycles. The van der Waals surface area contributed by atoms with Crippen LogP contribution in [0.2, 0.25) is 0 Å². The molecule has 0 radical (unpaired) electrons. The van der Waals surface area contributed by atoms with Gasteiger partial charge in [-0.3, -0.25) is 0 Å². The highest BCUT2D eigenvalue weighted by Crippen LogP contribution is 1.97. The first kappa shape index (κ1) is 16.2. The molecule has 0 heterocycles. The molecule has 4 nitrogen and oxygen atoms in total. The third-order valence-corrected chi connectivity index (χ3v) is 3.63. The third-order valence-electron chi connectivity index (χ3n) is 1.89. The van der Waals surface area contributed by atoms with E-state index in [2.05, 4.69) is 4.72 Å². The lowest BCUT2D eigenvalue weighted by atomic mass is 10.4. The van der Waals surface area contributed by atoms with Crippen molar-refractivity contribution in [2.45, 2.75) is 39.2 Å². The summed E-state index contributed by atoms with van der Waals surface area (Å²) in [5.74, 6) is 0.669. The second kappa shape index (κ2) is 9.22. The summed E-state index contributed by atoms with van der Waals surface area (Å²) < 4.78 is 30.7. The van der Waals surface area contributed by atoms with E-state index in [1.165, 1.54) is 0 Å². The fraction of sp³-hybridized carbons (Fsp3) is 1.00. The van der Waals surface area contributed by atoms with Gasteiger partial charge in [-0.1, -0.05) is 0 Å². The molecule has 0 fully saturated rings. The maximum absolute atomic E-state index is 11.4. The molecule has 0 aliphatic rings. The Hall–Kier alpha value is 0.160. The highest BCUT2D eigenvalue weighted by molar-refractivity contribution is 7.89. The van der Waals surface area contributed by atoms with Crippen molar-refractivity contribution in [2.75, 3.05) is 24.8 Å². The van der Waals surface area contributed by atoms with E-state index in [-0.39, 0.29) is 11.9 Å². The Morgan fingerprint density at radius 2 is 1.94 bits per heavy atom. The molecule has 0 amide bonds. The Morgan fingerprint density at radius 3 is 2.50 bits per heavy atom. The first-order chi connectivity index (χ1) is 7.48. The van der Waals surface area contributed by atoms with Gasteiger partial charge < -0.3 is 4.74 Å². The number of halogens is 1.